The third kappa shape index (κ3) is 3.84. The molecule has 10 aromatic rings. The summed E-state index contributed by atoms with van der Waals surface area (Å²) in [6, 6.07) is 62.6. The fourth-order valence-electron chi connectivity index (χ4n) is 9.44. The van der Waals surface area contributed by atoms with Crippen LogP contribution < -0.4 is 0 Å². The molecule has 2 aromatic heterocycles. The Balaban J connectivity index is 1.17. The highest BCUT2D eigenvalue weighted by Gasteiger charge is 2.49. The van der Waals surface area contributed by atoms with Crippen molar-refractivity contribution < 1.29 is 4.42 Å². The van der Waals surface area contributed by atoms with Crippen molar-refractivity contribution in [3.05, 3.63) is 198 Å². The van der Waals surface area contributed by atoms with Crippen LogP contribution in [0.1, 0.15) is 22.3 Å². The monoisotopic (exact) mass is 687 g/mol. The van der Waals surface area contributed by atoms with Gasteiger partial charge in [0.1, 0.15) is 11.2 Å². The van der Waals surface area contributed by atoms with Gasteiger partial charge >= 0.3 is 0 Å². The van der Waals surface area contributed by atoms with Gasteiger partial charge in [0.15, 0.2) is 17.5 Å². The van der Waals surface area contributed by atoms with Crippen LogP contribution in [0.5, 0.6) is 0 Å². The van der Waals surface area contributed by atoms with Crippen LogP contribution in [-0.4, -0.2) is 15.0 Å². The summed E-state index contributed by atoms with van der Waals surface area (Å²) < 4.78 is 6.30. The lowest BCUT2D eigenvalue weighted by molar-refractivity contribution is 0.669. The van der Waals surface area contributed by atoms with Gasteiger partial charge in [0.2, 0.25) is 0 Å². The van der Waals surface area contributed by atoms with Crippen LogP contribution in [-0.2, 0) is 5.41 Å². The fraction of sp³-hybridized carbons (Fsp3) is 0.0200. The molecule has 250 valence electrons. The molecule has 0 atom stereocenters. The van der Waals surface area contributed by atoms with E-state index in [0.29, 0.717) is 17.5 Å². The first-order valence-electron chi connectivity index (χ1n) is 18.4. The smallest absolute Gasteiger partial charge is 0.164 e. The maximum atomic E-state index is 6.30. The van der Waals surface area contributed by atoms with Crippen molar-refractivity contribution in [1.82, 2.24) is 15.0 Å². The SMILES string of the molecule is c1ccc(-c2nc(-c3ccc4c5c(cccc35)C3(c5ccccc5-c5ccccc53)c3ccccc3-4)nc(-c3cccc4oc5ccccc5c34)n2)cc1. The van der Waals surface area contributed by atoms with Crippen LogP contribution in [0.3, 0.4) is 0 Å². The first-order valence-corrected chi connectivity index (χ1v) is 18.4. The summed E-state index contributed by atoms with van der Waals surface area (Å²) in [4.78, 5) is 15.7. The molecule has 0 saturated heterocycles. The van der Waals surface area contributed by atoms with Gasteiger partial charge < -0.3 is 4.42 Å². The largest absolute Gasteiger partial charge is 0.456 e. The zero-order chi connectivity index (χ0) is 35.4. The highest BCUT2D eigenvalue weighted by molar-refractivity contribution is 6.13. The quantitative estimate of drug-likeness (QED) is 0.185. The number of aromatic nitrogens is 3. The number of benzene rings is 8. The Kier molecular flexibility index (Phi) is 5.95. The van der Waals surface area contributed by atoms with Crippen molar-refractivity contribution in [3.63, 3.8) is 0 Å². The van der Waals surface area contributed by atoms with E-state index in [1.165, 1.54) is 49.9 Å². The Labute approximate surface area is 311 Å². The molecule has 0 unspecified atom stereocenters. The van der Waals surface area contributed by atoms with Crippen LogP contribution in [0.15, 0.2) is 180 Å². The van der Waals surface area contributed by atoms with E-state index in [4.69, 9.17) is 19.4 Å². The summed E-state index contributed by atoms with van der Waals surface area (Å²) in [7, 11) is 0. The first-order chi connectivity index (χ1) is 26.8. The second kappa shape index (κ2) is 10.9. The van der Waals surface area contributed by atoms with Crippen LogP contribution in [0.2, 0.25) is 0 Å². The maximum Gasteiger partial charge on any atom is 0.164 e. The van der Waals surface area contributed by atoms with Crippen LogP contribution in [0, 0.1) is 0 Å². The summed E-state index contributed by atoms with van der Waals surface area (Å²) in [5.41, 5.74) is 14.2. The van der Waals surface area contributed by atoms with Gasteiger partial charge in [-0.2, -0.15) is 0 Å². The van der Waals surface area contributed by atoms with Crippen molar-refractivity contribution in [1.29, 1.82) is 0 Å². The van der Waals surface area contributed by atoms with Crippen molar-refractivity contribution >= 4 is 32.7 Å². The van der Waals surface area contributed by atoms with E-state index in [1.54, 1.807) is 0 Å². The van der Waals surface area contributed by atoms with Gasteiger partial charge in [-0.1, -0.05) is 158 Å². The molecule has 0 amide bonds. The highest BCUT2D eigenvalue weighted by Crippen LogP contribution is 2.62. The number of para-hydroxylation sites is 1. The molecule has 2 aliphatic rings. The lowest BCUT2D eigenvalue weighted by atomic mass is 9.61. The van der Waals surface area contributed by atoms with Crippen LogP contribution in [0.4, 0.5) is 0 Å². The van der Waals surface area contributed by atoms with Crippen molar-refractivity contribution in [2.24, 2.45) is 0 Å². The van der Waals surface area contributed by atoms with Gasteiger partial charge in [-0.05, 0) is 73.5 Å². The van der Waals surface area contributed by atoms with E-state index in [9.17, 15) is 0 Å². The van der Waals surface area contributed by atoms with Crippen LogP contribution >= 0.6 is 0 Å². The van der Waals surface area contributed by atoms with Gasteiger partial charge in [0, 0.05) is 27.5 Å². The molecule has 0 aliphatic heterocycles. The molecule has 8 aromatic carbocycles. The molecule has 2 heterocycles. The zero-order valence-corrected chi connectivity index (χ0v) is 29.0. The molecule has 0 saturated carbocycles. The van der Waals surface area contributed by atoms with E-state index in [1.807, 2.05) is 48.5 Å². The lowest BCUT2D eigenvalue weighted by Gasteiger charge is -2.40. The normalized spacial score (nSPS) is 13.3. The molecule has 1 spiro atoms. The minimum Gasteiger partial charge on any atom is -0.456 e. The van der Waals surface area contributed by atoms with E-state index < -0.39 is 5.41 Å². The minimum atomic E-state index is -0.480. The summed E-state index contributed by atoms with van der Waals surface area (Å²) in [6.07, 6.45) is 0. The summed E-state index contributed by atoms with van der Waals surface area (Å²) in [6.45, 7) is 0. The molecule has 54 heavy (non-hydrogen) atoms. The predicted molar refractivity (Wildman–Crippen MR) is 217 cm³/mol. The first kappa shape index (κ1) is 29.4. The summed E-state index contributed by atoms with van der Waals surface area (Å²) >= 11 is 0. The Morgan fingerprint density at radius 2 is 0.815 bits per heavy atom. The molecular weight excluding hydrogens is 659 g/mol. The van der Waals surface area contributed by atoms with E-state index >= 15 is 0 Å². The van der Waals surface area contributed by atoms with E-state index in [2.05, 4.69) is 127 Å². The number of furan rings is 1. The Morgan fingerprint density at radius 3 is 1.56 bits per heavy atom. The second-order valence-electron chi connectivity index (χ2n) is 14.2. The average molecular weight is 688 g/mol. The molecule has 4 heteroatoms. The lowest BCUT2D eigenvalue weighted by Crippen LogP contribution is -2.31. The molecule has 0 N–H and O–H groups in total. The molecule has 0 radical (unpaired) electrons. The predicted octanol–water partition coefficient (Wildman–Crippen LogP) is 12.3. The van der Waals surface area contributed by atoms with Crippen molar-refractivity contribution in [3.8, 4) is 56.4 Å². The molecule has 4 nitrogen and oxygen atoms in total. The molecule has 0 bridgehead atoms. The third-order valence-corrected chi connectivity index (χ3v) is 11.6. The Hall–Kier alpha value is -7.17. The number of rotatable bonds is 3. The van der Waals surface area contributed by atoms with Gasteiger partial charge in [0.05, 0.1) is 5.41 Å². The van der Waals surface area contributed by atoms with E-state index in [-0.39, 0.29) is 0 Å². The molecule has 0 fully saturated rings. The average Bonchev–Trinajstić information content (AvgIpc) is 3.77. The third-order valence-electron chi connectivity index (χ3n) is 11.6. The molecule has 2 aliphatic carbocycles. The maximum absolute atomic E-state index is 6.30. The minimum absolute atomic E-state index is 0.480. The van der Waals surface area contributed by atoms with E-state index in [0.717, 1.165) is 44.0 Å². The van der Waals surface area contributed by atoms with Gasteiger partial charge in [-0.25, -0.2) is 15.0 Å². The summed E-state index contributed by atoms with van der Waals surface area (Å²) in [5, 5.41) is 4.38. The summed E-state index contributed by atoms with van der Waals surface area (Å²) in [5.74, 6) is 1.87. The van der Waals surface area contributed by atoms with Gasteiger partial charge in [0.25, 0.3) is 0 Å². The number of fused-ring (bicyclic) bond motifs is 12. The second-order valence-corrected chi connectivity index (χ2v) is 14.2. The van der Waals surface area contributed by atoms with Crippen LogP contribution in [0.25, 0.3) is 89.1 Å². The molecular formula is C50H29N3O. The zero-order valence-electron chi connectivity index (χ0n) is 29.0. The number of hydrogen-bond acceptors (Lipinski definition) is 4. The topological polar surface area (TPSA) is 51.8 Å². The van der Waals surface area contributed by atoms with Gasteiger partial charge in [-0.3, -0.25) is 0 Å². The van der Waals surface area contributed by atoms with Crippen molar-refractivity contribution in [2.75, 3.05) is 0 Å². The van der Waals surface area contributed by atoms with Gasteiger partial charge in [-0.15, -0.1) is 0 Å². The Bertz CT molecular complexity index is 3130. The Morgan fingerprint density at radius 1 is 0.315 bits per heavy atom. The highest BCUT2D eigenvalue weighted by atomic mass is 16.3. The molecule has 12 rings (SSSR count). The standard InChI is InChI=1S/C50H29N3O/c1-2-14-30(15-3-1)47-51-48(53-49(52-47)38-21-13-27-44-46(38)37-19-7-11-26-43(37)54-44)36-29-28-35-33-18-6-10-24-41(33)50(42-25-12-20-34(36)45(35)42)39-22-8-4-16-31(39)32-17-5-9-23-40(32)50/h1-29H. The van der Waals surface area contributed by atoms with Crippen molar-refractivity contribution in [2.45, 2.75) is 5.41 Å². The number of nitrogens with zero attached hydrogens (tertiary/aromatic N) is 3. The fourth-order valence-corrected chi connectivity index (χ4v) is 9.44. The number of hydrogen-bond donors (Lipinski definition) is 0.